The van der Waals surface area contributed by atoms with Gasteiger partial charge in [-0.2, -0.15) is 5.10 Å². The van der Waals surface area contributed by atoms with E-state index in [1.54, 1.807) is 11.6 Å². The molecule has 1 heterocycles. The molecule has 0 saturated heterocycles. The molecule has 15 heavy (non-hydrogen) atoms. The van der Waals surface area contributed by atoms with Crippen LogP contribution in [0.2, 0.25) is 0 Å². The minimum Gasteiger partial charge on any atom is -0.480 e. The van der Waals surface area contributed by atoms with Crippen molar-refractivity contribution in [2.24, 2.45) is 0 Å². The SMILES string of the molecule is CCCn1ncnc1CNC(C)C(=O)O. The topological polar surface area (TPSA) is 80.0 Å². The highest BCUT2D eigenvalue weighted by Gasteiger charge is 2.11. The van der Waals surface area contributed by atoms with Crippen molar-refractivity contribution in [1.29, 1.82) is 0 Å². The first-order chi connectivity index (χ1) is 7.15. The van der Waals surface area contributed by atoms with Gasteiger partial charge in [0.25, 0.3) is 0 Å². The van der Waals surface area contributed by atoms with Gasteiger partial charge in [0, 0.05) is 6.54 Å². The molecule has 1 unspecified atom stereocenters. The van der Waals surface area contributed by atoms with Crippen molar-refractivity contribution in [2.75, 3.05) is 0 Å². The molecule has 0 spiro atoms. The zero-order chi connectivity index (χ0) is 11.3. The van der Waals surface area contributed by atoms with Gasteiger partial charge in [0.2, 0.25) is 0 Å². The van der Waals surface area contributed by atoms with Crippen molar-refractivity contribution in [3.8, 4) is 0 Å². The third-order valence-corrected chi connectivity index (χ3v) is 2.07. The van der Waals surface area contributed by atoms with E-state index in [4.69, 9.17) is 5.11 Å². The van der Waals surface area contributed by atoms with Crippen LogP contribution >= 0.6 is 0 Å². The lowest BCUT2D eigenvalue weighted by molar-refractivity contribution is -0.139. The van der Waals surface area contributed by atoms with Crippen molar-refractivity contribution in [2.45, 2.75) is 39.4 Å². The first-order valence-electron chi connectivity index (χ1n) is 4.98. The highest BCUT2D eigenvalue weighted by molar-refractivity contribution is 5.72. The number of hydrogen-bond donors (Lipinski definition) is 2. The zero-order valence-electron chi connectivity index (χ0n) is 8.97. The van der Waals surface area contributed by atoms with Crippen LogP contribution in [0.3, 0.4) is 0 Å². The lowest BCUT2D eigenvalue weighted by Crippen LogP contribution is -2.34. The molecule has 0 fully saturated rings. The second kappa shape index (κ2) is 5.45. The van der Waals surface area contributed by atoms with Crippen molar-refractivity contribution >= 4 is 5.97 Å². The molecule has 1 aromatic heterocycles. The Bertz CT molecular complexity index is 324. The van der Waals surface area contributed by atoms with Gasteiger partial charge in [0.1, 0.15) is 18.2 Å². The van der Waals surface area contributed by atoms with E-state index in [-0.39, 0.29) is 0 Å². The zero-order valence-corrected chi connectivity index (χ0v) is 8.97. The molecule has 1 rings (SSSR count). The number of carboxylic acid groups (broad SMARTS) is 1. The molecule has 0 saturated carbocycles. The van der Waals surface area contributed by atoms with E-state index in [0.29, 0.717) is 6.54 Å². The molecular formula is C9H16N4O2. The van der Waals surface area contributed by atoms with Gasteiger partial charge in [-0.05, 0) is 13.3 Å². The quantitative estimate of drug-likeness (QED) is 0.706. The van der Waals surface area contributed by atoms with Gasteiger partial charge in [0.05, 0.1) is 6.54 Å². The molecule has 0 amide bonds. The summed E-state index contributed by atoms with van der Waals surface area (Å²) in [6.45, 7) is 4.88. The first kappa shape index (κ1) is 11.6. The molecule has 6 nitrogen and oxygen atoms in total. The Morgan fingerprint density at radius 1 is 1.73 bits per heavy atom. The Kier molecular flexibility index (Phi) is 4.23. The standard InChI is InChI=1S/C9H16N4O2/c1-3-4-13-8(11-6-12-13)5-10-7(2)9(14)15/h6-7,10H,3-5H2,1-2H3,(H,14,15). The maximum atomic E-state index is 10.6. The van der Waals surface area contributed by atoms with Crippen LogP contribution in [-0.2, 0) is 17.9 Å². The fraction of sp³-hybridized carbons (Fsp3) is 0.667. The number of nitrogens with zero attached hydrogens (tertiary/aromatic N) is 3. The summed E-state index contributed by atoms with van der Waals surface area (Å²) in [5.41, 5.74) is 0. The maximum absolute atomic E-state index is 10.6. The van der Waals surface area contributed by atoms with Gasteiger partial charge in [-0.3, -0.25) is 10.1 Å². The van der Waals surface area contributed by atoms with E-state index in [0.717, 1.165) is 18.8 Å². The second-order valence-electron chi connectivity index (χ2n) is 3.34. The summed E-state index contributed by atoms with van der Waals surface area (Å²) >= 11 is 0. The van der Waals surface area contributed by atoms with Crippen molar-refractivity contribution in [3.05, 3.63) is 12.2 Å². The number of hydrogen-bond acceptors (Lipinski definition) is 4. The van der Waals surface area contributed by atoms with Crippen LogP contribution < -0.4 is 5.32 Å². The Labute approximate surface area is 88.3 Å². The Balaban J connectivity index is 2.49. The smallest absolute Gasteiger partial charge is 0.320 e. The monoisotopic (exact) mass is 212 g/mol. The summed E-state index contributed by atoms with van der Waals surface area (Å²) in [5, 5.41) is 15.6. The van der Waals surface area contributed by atoms with Gasteiger partial charge in [-0.1, -0.05) is 6.92 Å². The van der Waals surface area contributed by atoms with Crippen LogP contribution in [0.25, 0.3) is 0 Å². The summed E-state index contributed by atoms with van der Waals surface area (Å²) in [7, 11) is 0. The molecule has 0 aliphatic carbocycles. The molecule has 0 aliphatic heterocycles. The average molecular weight is 212 g/mol. The third kappa shape index (κ3) is 3.32. The van der Waals surface area contributed by atoms with E-state index in [9.17, 15) is 4.79 Å². The summed E-state index contributed by atoms with van der Waals surface area (Å²) in [6.07, 6.45) is 2.46. The van der Waals surface area contributed by atoms with E-state index < -0.39 is 12.0 Å². The highest BCUT2D eigenvalue weighted by Crippen LogP contribution is 1.96. The van der Waals surface area contributed by atoms with Gasteiger partial charge >= 0.3 is 5.97 Å². The molecule has 84 valence electrons. The molecule has 2 N–H and O–H groups in total. The van der Waals surface area contributed by atoms with Crippen molar-refractivity contribution in [3.63, 3.8) is 0 Å². The van der Waals surface area contributed by atoms with Crippen LogP contribution in [0.15, 0.2) is 6.33 Å². The Hall–Kier alpha value is -1.43. The summed E-state index contributed by atoms with van der Waals surface area (Å²) in [6, 6.07) is -0.572. The van der Waals surface area contributed by atoms with Gasteiger partial charge in [-0.15, -0.1) is 0 Å². The molecule has 0 aliphatic rings. The number of rotatable bonds is 6. The fourth-order valence-electron chi connectivity index (χ4n) is 1.16. The van der Waals surface area contributed by atoms with Crippen LogP contribution in [-0.4, -0.2) is 31.9 Å². The lowest BCUT2D eigenvalue weighted by Gasteiger charge is -2.09. The van der Waals surface area contributed by atoms with Gasteiger partial charge in [-0.25, -0.2) is 9.67 Å². The number of aromatic nitrogens is 3. The van der Waals surface area contributed by atoms with E-state index in [2.05, 4.69) is 22.3 Å². The average Bonchev–Trinajstić information content (AvgIpc) is 2.62. The largest absolute Gasteiger partial charge is 0.480 e. The second-order valence-corrected chi connectivity index (χ2v) is 3.34. The third-order valence-electron chi connectivity index (χ3n) is 2.07. The molecule has 0 bridgehead atoms. The lowest BCUT2D eigenvalue weighted by atomic mass is 10.3. The van der Waals surface area contributed by atoms with E-state index in [1.165, 1.54) is 6.33 Å². The molecule has 0 aromatic carbocycles. The van der Waals surface area contributed by atoms with Gasteiger partial charge in [0.15, 0.2) is 0 Å². The summed E-state index contributed by atoms with van der Waals surface area (Å²) < 4.78 is 1.78. The molecular weight excluding hydrogens is 196 g/mol. The van der Waals surface area contributed by atoms with Crippen LogP contribution in [0.1, 0.15) is 26.1 Å². The Morgan fingerprint density at radius 3 is 3.07 bits per heavy atom. The van der Waals surface area contributed by atoms with Crippen molar-refractivity contribution < 1.29 is 9.90 Å². The van der Waals surface area contributed by atoms with Crippen LogP contribution in [0.5, 0.6) is 0 Å². The maximum Gasteiger partial charge on any atom is 0.320 e. The normalized spacial score (nSPS) is 12.7. The number of aryl methyl sites for hydroxylation is 1. The van der Waals surface area contributed by atoms with Gasteiger partial charge < -0.3 is 5.11 Å². The molecule has 0 radical (unpaired) electrons. The molecule has 1 atom stereocenters. The minimum absolute atomic E-state index is 0.424. The number of carboxylic acids is 1. The fourth-order valence-corrected chi connectivity index (χ4v) is 1.16. The van der Waals surface area contributed by atoms with Crippen LogP contribution in [0, 0.1) is 0 Å². The van der Waals surface area contributed by atoms with E-state index >= 15 is 0 Å². The number of nitrogens with one attached hydrogen (secondary N) is 1. The summed E-state index contributed by atoms with van der Waals surface area (Å²) in [4.78, 5) is 14.6. The Morgan fingerprint density at radius 2 is 2.47 bits per heavy atom. The van der Waals surface area contributed by atoms with Crippen molar-refractivity contribution in [1.82, 2.24) is 20.1 Å². The minimum atomic E-state index is -0.864. The molecule has 6 heteroatoms. The highest BCUT2D eigenvalue weighted by atomic mass is 16.4. The predicted molar refractivity (Wildman–Crippen MR) is 54.3 cm³/mol. The first-order valence-corrected chi connectivity index (χ1v) is 4.98. The molecule has 1 aromatic rings. The summed E-state index contributed by atoms with van der Waals surface area (Å²) in [5.74, 6) is -0.0958. The predicted octanol–water partition coefficient (Wildman–Crippen LogP) is 0.251. The van der Waals surface area contributed by atoms with E-state index in [1.807, 2.05) is 0 Å². The van der Waals surface area contributed by atoms with Crippen LogP contribution in [0.4, 0.5) is 0 Å². The number of aliphatic carboxylic acids is 1. The number of carbonyl (C=O) groups is 1.